The summed E-state index contributed by atoms with van der Waals surface area (Å²) in [6, 6.07) is 6.21. The third-order valence-corrected chi connectivity index (χ3v) is 4.90. The van der Waals surface area contributed by atoms with Gasteiger partial charge in [0, 0.05) is 10.7 Å². The highest BCUT2D eigenvalue weighted by Gasteiger charge is 2.27. The predicted octanol–water partition coefficient (Wildman–Crippen LogP) is 2.42. The molecule has 1 unspecified atom stereocenters. The monoisotopic (exact) mass is 244 g/mol. The van der Waals surface area contributed by atoms with E-state index in [0.717, 1.165) is 12.0 Å². The Morgan fingerprint density at radius 3 is 2.73 bits per heavy atom. The van der Waals surface area contributed by atoms with Gasteiger partial charge in [0.25, 0.3) is 0 Å². The first-order valence-electron chi connectivity index (χ1n) is 4.98. The maximum absolute atomic E-state index is 11.2. The van der Waals surface area contributed by atoms with E-state index in [2.05, 4.69) is 18.2 Å². The van der Waals surface area contributed by atoms with Crippen molar-refractivity contribution in [3.05, 3.63) is 34.9 Å². The van der Waals surface area contributed by atoms with E-state index in [1.54, 1.807) is 0 Å². The lowest BCUT2D eigenvalue weighted by molar-refractivity contribution is 0.575. The fourth-order valence-electron chi connectivity index (χ4n) is 2.09. The minimum absolute atomic E-state index is 0.409. The van der Waals surface area contributed by atoms with Gasteiger partial charge in [0.2, 0.25) is 9.05 Å². The molecule has 0 saturated carbocycles. The maximum atomic E-state index is 11.2. The summed E-state index contributed by atoms with van der Waals surface area (Å²) in [4.78, 5) is 0. The number of fused-ring (bicyclic) bond motifs is 1. The number of halogens is 1. The van der Waals surface area contributed by atoms with Crippen molar-refractivity contribution in [2.24, 2.45) is 0 Å². The Kier molecular flexibility index (Phi) is 2.77. The maximum Gasteiger partial charge on any atom is 0.235 e. The third kappa shape index (κ3) is 2.34. The molecule has 1 aromatic carbocycles. The van der Waals surface area contributed by atoms with E-state index in [4.69, 9.17) is 10.7 Å². The van der Waals surface area contributed by atoms with Gasteiger partial charge in [0.05, 0.1) is 5.25 Å². The second-order valence-electron chi connectivity index (χ2n) is 4.11. The molecule has 0 saturated heterocycles. The summed E-state index contributed by atoms with van der Waals surface area (Å²) < 4.78 is 22.5. The molecule has 0 N–H and O–H groups in total. The Morgan fingerprint density at radius 2 is 2.07 bits per heavy atom. The predicted molar refractivity (Wildman–Crippen MR) is 61.8 cm³/mol. The highest BCUT2D eigenvalue weighted by Crippen LogP contribution is 2.27. The van der Waals surface area contributed by atoms with Crippen molar-refractivity contribution in [3.8, 4) is 0 Å². The summed E-state index contributed by atoms with van der Waals surface area (Å²) in [6.45, 7) is 2.01. The molecule has 1 atom stereocenters. The standard InChI is InChI=1S/C11H13ClO2S/c1-8-2-3-9-4-5-11(15(12,13)14)7-10(9)6-8/h2-3,6,11H,4-5,7H2,1H3. The van der Waals surface area contributed by atoms with E-state index in [-0.39, 0.29) is 0 Å². The fourth-order valence-corrected chi connectivity index (χ4v) is 3.33. The van der Waals surface area contributed by atoms with Crippen molar-refractivity contribution >= 4 is 19.7 Å². The summed E-state index contributed by atoms with van der Waals surface area (Å²) in [7, 11) is 1.98. The zero-order valence-electron chi connectivity index (χ0n) is 8.53. The number of hydrogen-bond acceptors (Lipinski definition) is 2. The van der Waals surface area contributed by atoms with Crippen LogP contribution in [-0.2, 0) is 21.9 Å². The van der Waals surface area contributed by atoms with Crippen molar-refractivity contribution in [2.75, 3.05) is 0 Å². The van der Waals surface area contributed by atoms with Crippen molar-refractivity contribution < 1.29 is 8.42 Å². The molecule has 82 valence electrons. The zero-order chi connectivity index (χ0) is 11.1. The Labute approximate surface area is 94.7 Å². The number of aryl methyl sites for hydroxylation is 2. The van der Waals surface area contributed by atoms with Crippen LogP contribution in [0, 0.1) is 6.92 Å². The normalized spacial score (nSPS) is 21.1. The van der Waals surface area contributed by atoms with Crippen molar-refractivity contribution in [3.63, 3.8) is 0 Å². The lowest BCUT2D eigenvalue weighted by Crippen LogP contribution is -2.24. The van der Waals surface area contributed by atoms with Crippen LogP contribution in [0.2, 0.25) is 0 Å². The van der Waals surface area contributed by atoms with Crippen LogP contribution >= 0.6 is 10.7 Å². The summed E-state index contributed by atoms with van der Waals surface area (Å²) in [5, 5.41) is -0.409. The second kappa shape index (κ2) is 3.80. The fraction of sp³-hybridized carbons (Fsp3) is 0.455. The van der Waals surface area contributed by atoms with Crippen molar-refractivity contribution in [1.82, 2.24) is 0 Å². The van der Waals surface area contributed by atoms with Crippen LogP contribution < -0.4 is 0 Å². The molecule has 2 nitrogen and oxygen atoms in total. The van der Waals surface area contributed by atoms with E-state index in [1.807, 2.05) is 6.92 Å². The van der Waals surface area contributed by atoms with Gasteiger partial charge in [-0.2, -0.15) is 0 Å². The first kappa shape index (κ1) is 11.0. The van der Waals surface area contributed by atoms with Crippen molar-refractivity contribution in [1.29, 1.82) is 0 Å². The van der Waals surface area contributed by atoms with Crippen LogP contribution in [0.1, 0.15) is 23.1 Å². The Morgan fingerprint density at radius 1 is 1.33 bits per heavy atom. The summed E-state index contributed by atoms with van der Waals surface area (Å²) >= 11 is 0. The molecule has 4 heteroatoms. The zero-order valence-corrected chi connectivity index (χ0v) is 10.1. The molecule has 1 aliphatic carbocycles. The summed E-state index contributed by atoms with van der Waals surface area (Å²) in [5.74, 6) is 0. The second-order valence-corrected chi connectivity index (χ2v) is 7.02. The average Bonchev–Trinajstić information content (AvgIpc) is 2.15. The lowest BCUT2D eigenvalue weighted by atomic mass is 9.90. The van der Waals surface area contributed by atoms with Gasteiger partial charge >= 0.3 is 0 Å². The Hall–Kier alpha value is -0.540. The molecular weight excluding hydrogens is 232 g/mol. The average molecular weight is 245 g/mol. The third-order valence-electron chi connectivity index (χ3n) is 2.94. The van der Waals surface area contributed by atoms with Gasteiger partial charge in [-0.05, 0) is 37.3 Å². The number of benzene rings is 1. The highest BCUT2D eigenvalue weighted by atomic mass is 35.7. The van der Waals surface area contributed by atoms with Crippen LogP contribution in [0.25, 0.3) is 0 Å². The van der Waals surface area contributed by atoms with Gasteiger partial charge in [0.15, 0.2) is 0 Å². The topological polar surface area (TPSA) is 34.1 Å². The molecule has 2 rings (SSSR count). The van der Waals surface area contributed by atoms with Crippen LogP contribution in [-0.4, -0.2) is 13.7 Å². The summed E-state index contributed by atoms with van der Waals surface area (Å²) in [6.07, 6.45) is 2.01. The highest BCUT2D eigenvalue weighted by molar-refractivity contribution is 8.14. The number of rotatable bonds is 1. The Bertz CT molecular complexity index is 479. The van der Waals surface area contributed by atoms with Crippen LogP contribution in [0.3, 0.4) is 0 Å². The van der Waals surface area contributed by atoms with Crippen LogP contribution in [0.4, 0.5) is 0 Å². The number of hydrogen-bond donors (Lipinski definition) is 0. The van der Waals surface area contributed by atoms with Gasteiger partial charge in [-0.1, -0.05) is 23.8 Å². The van der Waals surface area contributed by atoms with E-state index in [0.29, 0.717) is 12.8 Å². The van der Waals surface area contributed by atoms with E-state index in [1.165, 1.54) is 11.1 Å². The van der Waals surface area contributed by atoms with Gasteiger partial charge in [-0.3, -0.25) is 0 Å². The van der Waals surface area contributed by atoms with Gasteiger partial charge in [0.1, 0.15) is 0 Å². The molecule has 0 amide bonds. The first-order chi connectivity index (χ1) is 6.97. The quantitative estimate of drug-likeness (QED) is 0.711. The van der Waals surface area contributed by atoms with Crippen LogP contribution in [0.15, 0.2) is 18.2 Å². The smallest absolute Gasteiger partial charge is 0.212 e. The van der Waals surface area contributed by atoms with Gasteiger partial charge in [-0.15, -0.1) is 0 Å². The molecule has 0 radical (unpaired) electrons. The molecule has 0 aromatic heterocycles. The molecule has 15 heavy (non-hydrogen) atoms. The largest absolute Gasteiger partial charge is 0.235 e. The van der Waals surface area contributed by atoms with E-state index in [9.17, 15) is 8.42 Å². The lowest BCUT2D eigenvalue weighted by Gasteiger charge is -2.22. The molecular formula is C11H13ClO2S. The molecule has 0 spiro atoms. The van der Waals surface area contributed by atoms with Gasteiger partial charge in [-0.25, -0.2) is 8.42 Å². The van der Waals surface area contributed by atoms with Gasteiger partial charge < -0.3 is 0 Å². The molecule has 1 aromatic rings. The molecule has 0 fully saturated rings. The minimum atomic E-state index is -3.41. The van der Waals surface area contributed by atoms with E-state index < -0.39 is 14.3 Å². The molecule has 0 aliphatic heterocycles. The van der Waals surface area contributed by atoms with Crippen molar-refractivity contribution in [2.45, 2.75) is 31.4 Å². The Balaban J connectivity index is 2.34. The summed E-state index contributed by atoms with van der Waals surface area (Å²) in [5.41, 5.74) is 3.56. The molecule has 0 heterocycles. The minimum Gasteiger partial charge on any atom is -0.212 e. The first-order valence-corrected chi connectivity index (χ1v) is 7.36. The SMILES string of the molecule is Cc1ccc2c(c1)CC(S(=O)(=O)Cl)CC2. The van der Waals surface area contributed by atoms with E-state index >= 15 is 0 Å². The molecule has 1 aliphatic rings. The van der Waals surface area contributed by atoms with Crippen LogP contribution in [0.5, 0.6) is 0 Å². The molecule has 0 bridgehead atoms.